The van der Waals surface area contributed by atoms with Crippen LogP contribution in [-0.2, 0) is 0 Å². The minimum absolute atomic E-state index is 0.243. The summed E-state index contributed by atoms with van der Waals surface area (Å²) in [5.41, 5.74) is 3.83. The topological polar surface area (TPSA) is 21.3 Å². The van der Waals surface area contributed by atoms with Crippen LogP contribution in [0, 0.1) is 6.92 Å². The number of para-hydroxylation sites is 1. The van der Waals surface area contributed by atoms with Gasteiger partial charge in [-0.05, 0) is 31.9 Å². The maximum absolute atomic E-state index is 5.46. The van der Waals surface area contributed by atoms with Gasteiger partial charge in [-0.3, -0.25) is 0 Å². The first-order valence-corrected chi connectivity index (χ1v) is 7.61. The van der Waals surface area contributed by atoms with Crippen LogP contribution < -0.4 is 10.1 Å². The van der Waals surface area contributed by atoms with Gasteiger partial charge in [0.25, 0.3) is 0 Å². The molecule has 2 aromatic rings. The number of hydrogen-bond acceptors (Lipinski definition) is 2. The van der Waals surface area contributed by atoms with E-state index in [9.17, 15) is 0 Å². The molecule has 0 fully saturated rings. The second-order valence-electron chi connectivity index (χ2n) is 5.50. The minimum Gasteiger partial charge on any atom is -0.496 e. The van der Waals surface area contributed by atoms with Crippen molar-refractivity contribution >= 4 is 0 Å². The molecule has 0 amide bonds. The maximum atomic E-state index is 5.46. The van der Waals surface area contributed by atoms with E-state index in [1.54, 1.807) is 7.11 Å². The number of hydrogen-bond donors (Lipinski definition) is 1. The van der Waals surface area contributed by atoms with Crippen LogP contribution in [0.3, 0.4) is 0 Å². The Bertz CT molecular complexity index is 562. The van der Waals surface area contributed by atoms with Crippen LogP contribution in [0.15, 0.2) is 48.5 Å². The second kappa shape index (κ2) is 7.28. The van der Waals surface area contributed by atoms with E-state index >= 15 is 0 Å². The van der Waals surface area contributed by atoms with Gasteiger partial charge in [0.2, 0.25) is 0 Å². The van der Waals surface area contributed by atoms with Gasteiger partial charge in [0.1, 0.15) is 5.75 Å². The number of rotatable bonds is 6. The first kappa shape index (κ1) is 15.6. The van der Waals surface area contributed by atoms with Crippen LogP contribution in [0.1, 0.15) is 49.0 Å². The van der Waals surface area contributed by atoms with Crippen LogP contribution in [0.2, 0.25) is 0 Å². The van der Waals surface area contributed by atoms with E-state index in [4.69, 9.17) is 4.74 Å². The summed E-state index contributed by atoms with van der Waals surface area (Å²) >= 11 is 0. The molecular formula is C19H25NO. The summed E-state index contributed by atoms with van der Waals surface area (Å²) < 4.78 is 5.46. The van der Waals surface area contributed by atoms with E-state index in [1.165, 1.54) is 16.7 Å². The fraction of sp³-hybridized carbons (Fsp3) is 0.368. The first-order valence-electron chi connectivity index (χ1n) is 7.61. The normalized spacial score (nSPS) is 13.7. The van der Waals surface area contributed by atoms with Crippen molar-refractivity contribution in [3.8, 4) is 5.75 Å². The van der Waals surface area contributed by atoms with Gasteiger partial charge in [0.05, 0.1) is 7.11 Å². The molecule has 0 aliphatic carbocycles. The van der Waals surface area contributed by atoms with Crippen molar-refractivity contribution in [3.05, 3.63) is 65.2 Å². The monoisotopic (exact) mass is 283 g/mol. The van der Waals surface area contributed by atoms with Gasteiger partial charge in [0.15, 0.2) is 0 Å². The Kier molecular flexibility index (Phi) is 5.40. The average molecular weight is 283 g/mol. The zero-order chi connectivity index (χ0) is 15.2. The van der Waals surface area contributed by atoms with Gasteiger partial charge >= 0.3 is 0 Å². The molecule has 2 heteroatoms. The van der Waals surface area contributed by atoms with E-state index in [2.05, 4.69) is 62.5 Å². The van der Waals surface area contributed by atoms with Gasteiger partial charge in [0, 0.05) is 17.6 Å². The largest absolute Gasteiger partial charge is 0.496 e. The van der Waals surface area contributed by atoms with E-state index in [0.29, 0.717) is 6.04 Å². The van der Waals surface area contributed by atoms with E-state index in [-0.39, 0.29) is 6.04 Å². The van der Waals surface area contributed by atoms with Crippen LogP contribution in [0.4, 0.5) is 0 Å². The second-order valence-corrected chi connectivity index (χ2v) is 5.50. The summed E-state index contributed by atoms with van der Waals surface area (Å²) in [5.74, 6) is 0.941. The Balaban J connectivity index is 2.16. The van der Waals surface area contributed by atoms with Gasteiger partial charge in [-0.15, -0.1) is 0 Å². The predicted octanol–water partition coefficient (Wildman–Crippen LogP) is 4.81. The number of ether oxygens (including phenoxy) is 1. The summed E-state index contributed by atoms with van der Waals surface area (Å²) in [4.78, 5) is 0. The van der Waals surface area contributed by atoms with Gasteiger partial charge in [-0.25, -0.2) is 0 Å². The lowest BCUT2D eigenvalue weighted by atomic mass is 10.00. The standard InChI is InChI=1S/C19H25NO/c1-5-18(16-12-10-14(2)11-13-16)20-15(3)17-8-6-7-9-19(17)21-4/h6-13,15,18,20H,5H2,1-4H3. The molecule has 2 rings (SSSR count). The Hall–Kier alpha value is -1.80. The molecule has 2 unspecified atom stereocenters. The Morgan fingerprint density at radius 2 is 1.71 bits per heavy atom. The molecule has 0 radical (unpaired) electrons. The maximum Gasteiger partial charge on any atom is 0.123 e. The van der Waals surface area contributed by atoms with Crippen molar-refractivity contribution in [2.24, 2.45) is 0 Å². The summed E-state index contributed by atoms with van der Waals surface area (Å²) in [6, 6.07) is 17.6. The summed E-state index contributed by atoms with van der Waals surface area (Å²) in [6.45, 7) is 6.52. The predicted molar refractivity (Wildman–Crippen MR) is 88.8 cm³/mol. The molecule has 0 aliphatic rings. The summed E-state index contributed by atoms with van der Waals surface area (Å²) in [5, 5.41) is 3.71. The van der Waals surface area contributed by atoms with Crippen molar-refractivity contribution in [3.63, 3.8) is 0 Å². The van der Waals surface area contributed by atoms with E-state index in [0.717, 1.165) is 12.2 Å². The van der Waals surface area contributed by atoms with Crippen LogP contribution in [0.5, 0.6) is 5.75 Å². The number of aryl methyl sites for hydroxylation is 1. The van der Waals surface area contributed by atoms with E-state index in [1.807, 2.05) is 12.1 Å². The highest BCUT2D eigenvalue weighted by atomic mass is 16.5. The fourth-order valence-electron chi connectivity index (χ4n) is 2.66. The SMILES string of the molecule is CCC(NC(C)c1ccccc1OC)c1ccc(C)cc1. The lowest BCUT2D eigenvalue weighted by Gasteiger charge is -2.24. The molecule has 112 valence electrons. The van der Waals surface area contributed by atoms with Gasteiger partial charge in [-0.1, -0.05) is 55.0 Å². The van der Waals surface area contributed by atoms with Gasteiger partial charge in [-0.2, -0.15) is 0 Å². The highest BCUT2D eigenvalue weighted by Gasteiger charge is 2.16. The molecule has 0 aliphatic heterocycles. The minimum atomic E-state index is 0.243. The Morgan fingerprint density at radius 3 is 2.33 bits per heavy atom. The molecule has 0 saturated heterocycles. The Morgan fingerprint density at radius 1 is 1.05 bits per heavy atom. The van der Waals surface area contributed by atoms with Crippen LogP contribution >= 0.6 is 0 Å². The lowest BCUT2D eigenvalue weighted by molar-refractivity contribution is 0.392. The third-order valence-corrected chi connectivity index (χ3v) is 3.94. The molecule has 2 aromatic carbocycles. The van der Waals surface area contributed by atoms with Crippen molar-refractivity contribution in [1.82, 2.24) is 5.32 Å². The number of benzene rings is 2. The third kappa shape index (κ3) is 3.85. The highest BCUT2D eigenvalue weighted by Crippen LogP contribution is 2.28. The molecule has 0 bridgehead atoms. The summed E-state index contributed by atoms with van der Waals surface area (Å²) in [7, 11) is 1.73. The molecule has 21 heavy (non-hydrogen) atoms. The molecule has 2 atom stereocenters. The third-order valence-electron chi connectivity index (χ3n) is 3.94. The molecular weight excluding hydrogens is 258 g/mol. The molecule has 0 heterocycles. The zero-order valence-electron chi connectivity index (χ0n) is 13.4. The zero-order valence-corrected chi connectivity index (χ0v) is 13.4. The number of nitrogens with one attached hydrogen (secondary N) is 1. The van der Waals surface area contributed by atoms with Crippen LogP contribution in [-0.4, -0.2) is 7.11 Å². The highest BCUT2D eigenvalue weighted by molar-refractivity contribution is 5.36. The molecule has 1 N–H and O–H groups in total. The van der Waals surface area contributed by atoms with Gasteiger partial charge < -0.3 is 10.1 Å². The van der Waals surface area contributed by atoms with Crippen molar-refractivity contribution in [2.45, 2.75) is 39.3 Å². The average Bonchev–Trinajstić information content (AvgIpc) is 2.53. The van der Waals surface area contributed by atoms with Crippen molar-refractivity contribution in [2.75, 3.05) is 7.11 Å². The van der Waals surface area contributed by atoms with Crippen molar-refractivity contribution in [1.29, 1.82) is 0 Å². The van der Waals surface area contributed by atoms with Crippen LogP contribution in [0.25, 0.3) is 0 Å². The molecule has 0 aromatic heterocycles. The molecule has 0 saturated carbocycles. The Labute approximate surface area is 128 Å². The summed E-state index contributed by atoms with van der Waals surface area (Å²) in [6.07, 6.45) is 1.06. The van der Waals surface area contributed by atoms with Crippen molar-refractivity contribution < 1.29 is 4.74 Å². The quantitative estimate of drug-likeness (QED) is 0.821. The van der Waals surface area contributed by atoms with E-state index < -0.39 is 0 Å². The lowest BCUT2D eigenvalue weighted by Crippen LogP contribution is -2.24. The fourth-order valence-corrected chi connectivity index (χ4v) is 2.66. The smallest absolute Gasteiger partial charge is 0.123 e. The molecule has 2 nitrogen and oxygen atoms in total. The molecule has 0 spiro atoms. The number of methoxy groups -OCH3 is 1. The first-order chi connectivity index (χ1) is 10.2.